The Labute approximate surface area is 129 Å². The highest BCUT2D eigenvalue weighted by Crippen LogP contribution is 2.19. The second-order valence-corrected chi connectivity index (χ2v) is 5.69. The van der Waals surface area contributed by atoms with Gasteiger partial charge in [0, 0.05) is 29.2 Å². The third-order valence-corrected chi connectivity index (χ3v) is 3.85. The zero-order chi connectivity index (χ0) is 15.7. The molecule has 2 N–H and O–H groups in total. The van der Waals surface area contributed by atoms with Crippen molar-refractivity contribution >= 4 is 16.7 Å². The fourth-order valence-corrected chi connectivity index (χ4v) is 2.70. The van der Waals surface area contributed by atoms with Gasteiger partial charge >= 0.3 is 0 Å². The second kappa shape index (κ2) is 5.64. The van der Waals surface area contributed by atoms with Crippen LogP contribution in [0.1, 0.15) is 22.3 Å². The number of anilines is 1. The molecule has 0 saturated carbocycles. The number of fused-ring (bicyclic) bond motifs is 1. The number of rotatable bonds is 3. The summed E-state index contributed by atoms with van der Waals surface area (Å²) < 4.78 is 0. The van der Waals surface area contributed by atoms with Crippen molar-refractivity contribution in [2.45, 2.75) is 27.3 Å². The molecule has 0 fully saturated rings. The first-order valence-corrected chi connectivity index (χ1v) is 7.33. The fourth-order valence-electron chi connectivity index (χ4n) is 2.70. The maximum atomic E-state index is 12.2. The zero-order valence-corrected chi connectivity index (χ0v) is 13.0. The molecule has 2 heterocycles. The summed E-state index contributed by atoms with van der Waals surface area (Å²) in [6.07, 6.45) is 1.74. The third kappa shape index (κ3) is 2.72. The maximum Gasteiger partial charge on any atom is 0.253 e. The summed E-state index contributed by atoms with van der Waals surface area (Å²) in [5.41, 5.74) is 4.92. The minimum Gasteiger partial charge on any atom is -0.366 e. The number of hydrogen-bond donors (Lipinski definition) is 2. The van der Waals surface area contributed by atoms with E-state index in [9.17, 15) is 4.79 Å². The molecular weight excluding hydrogens is 274 g/mol. The van der Waals surface area contributed by atoms with E-state index in [0.717, 1.165) is 27.8 Å². The van der Waals surface area contributed by atoms with Crippen LogP contribution in [0.4, 0.5) is 5.82 Å². The van der Waals surface area contributed by atoms with Gasteiger partial charge in [-0.05, 0) is 55.7 Å². The quantitative estimate of drug-likeness (QED) is 0.777. The molecule has 0 aliphatic rings. The van der Waals surface area contributed by atoms with Gasteiger partial charge in [-0.25, -0.2) is 4.98 Å². The summed E-state index contributed by atoms with van der Waals surface area (Å²) in [5.74, 6) is 0.808. The van der Waals surface area contributed by atoms with Crippen LogP contribution in [-0.2, 0) is 6.54 Å². The van der Waals surface area contributed by atoms with Crippen molar-refractivity contribution in [3.05, 3.63) is 69.1 Å². The number of hydrogen-bond acceptors (Lipinski definition) is 3. The van der Waals surface area contributed by atoms with E-state index < -0.39 is 0 Å². The van der Waals surface area contributed by atoms with Gasteiger partial charge in [-0.1, -0.05) is 12.1 Å². The Bertz CT molecular complexity index is 896. The highest BCUT2D eigenvalue weighted by Gasteiger charge is 2.06. The molecule has 0 aliphatic carbocycles. The number of benzene rings is 1. The summed E-state index contributed by atoms with van der Waals surface area (Å²) in [7, 11) is 0. The number of nitrogens with zero attached hydrogens (tertiary/aromatic N) is 1. The Hall–Kier alpha value is -2.62. The summed E-state index contributed by atoms with van der Waals surface area (Å²) in [4.78, 5) is 19.5. The molecule has 2 aromatic heterocycles. The van der Waals surface area contributed by atoms with Crippen LogP contribution in [0.3, 0.4) is 0 Å². The molecule has 4 nitrogen and oxygen atoms in total. The predicted molar refractivity (Wildman–Crippen MR) is 90.3 cm³/mol. The maximum absolute atomic E-state index is 12.2. The highest BCUT2D eigenvalue weighted by atomic mass is 16.1. The number of pyridine rings is 2. The van der Waals surface area contributed by atoms with Crippen molar-refractivity contribution in [2.24, 2.45) is 0 Å². The van der Waals surface area contributed by atoms with E-state index in [4.69, 9.17) is 0 Å². The van der Waals surface area contributed by atoms with Gasteiger partial charge in [-0.3, -0.25) is 4.79 Å². The highest BCUT2D eigenvalue weighted by molar-refractivity contribution is 5.83. The molecule has 0 aliphatic heterocycles. The molecule has 3 rings (SSSR count). The first kappa shape index (κ1) is 14.3. The van der Waals surface area contributed by atoms with E-state index in [0.29, 0.717) is 12.1 Å². The van der Waals surface area contributed by atoms with Crippen molar-refractivity contribution in [3.8, 4) is 0 Å². The lowest BCUT2D eigenvalue weighted by Crippen LogP contribution is -2.16. The predicted octanol–water partition coefficient (Wildman–Crippen LogP) is 3.46. The molecule has 0 spiro atoms. The number of H-pyrrole nitrogens is 1. The van der Waals surface area contributed by atoms with Crippen molar-refractivity contribution in [2.75, 3.05) is 5.32 Å². The Morgan fingerprint density at radius 1 is 1.14 bits per heavy atom. The standard InChI is InChI=1S/C18H19N3O/c1-11-7-13(3)15-9-14(18(22)21-16(15)8-11)10-20-17-12(2)5-4-6-19-17/h4-9H,10H2,1-3H3,(H,19,20)(H,21,22). The van der Waals surface area contributed by atoms with E-state index in [1.54, 1.807) is 6.20 Å². The van der Waals surface area contributed by atoms with E-state index in [2.05, 4.69) is 28.3 Å². The van der Waals surface area contributed by atoms with Crippen LogP contribution >= 0.6 is 0 Å². The fraction of sp³-hybridized carbons (Fsp3) is 0.222. The minimum absolute atomic E-state index is 0.0569. The molecular formula is C18H19N3O. The molecule has 0 bridgehead atoms. The second-order valence-electron chi connectivity index (χ2n) is 5.69. The monoisotopic (exact) mass is 293 g/mol. The summed E-state index contributed by atoms with van der Waals surface area (Å²) in [6.45, 7) is 6.54. The van der Waals surface area contributed by atoms with Gasteiger partial charge in [0.1, 0.15) is 5.82 Å². The van der Waals surface area contributed by atoms with Crippen molar-refractivity contribution < 1.29 is 0 Å². The average Bonchev–Trinajstić information content (AvgIpc) is 2.46. The van der Waals surface area contributed by atoms with Crippen LogP contribution in [0.5, 0.6) is 0 Å². The van der Waals surface area contributed by atoms with Crippen molar-refractivity contribution in [3.63, 3.8) is 0 Å². The van der Waals surface area contributed by atoms with E-state index >= 15 is 0 Å². The van der Waals surface area contributed by atoms with Crippen LogP contribution < -0.4 is 10.9 Å². The van der Waals surface area contributed by atoms with Gasteiger partial charge in [0.25, 0.3) is 5.56 Å². The number of nitrogens with one attached hydrogen (secondary N) is 2. The Balaban J connectivity index is 1.96. The number of aryl methyl sites for hydroxylation is 3. The molecule has 0 amide bonds. The van der Waals surface area contributed by atoms with Gasteiger partial charge in [-0.2, -0.15) is 0 Å². The Kier molecular flexibility index (Phi) is 3.67. The van der Waals surface area contributed by atoms with Gasteiger partial charge in [-0.15, -0.1) is 0 Å². The first-order chi connectivity index (χ1) is 10.5. The van der Waals surface area contributed by atoms with Gasteiger partial charge in [0.15, 0.2) is 0 Å². The third-order valence-electron chi connectivity index (χ3n) is 3.85. The largest absolute Gasteiger partial charge is 0.366 e. The lowest BCUT2D eigenvalue weighted by atomic mass is 10.0. The van der Waals surface area contributed by atoms with Gasteiger partial charge < -0.3 is 10.3 Å². The van der Waals surface area contributed by atoms with E-state index in [1.807, 2.05) is 38.1 Å². The zero-order valence-electron chi connectivity index (χ0n) is 13.0. The number of aromatic nitrogens is 2. The molecule has 112 valence electrons. The van der Waals surface area contributed by atoms with Gasteiger partial charge in [0.2, 0.25) is 0 Å². The summed E-state index contributed by atoms with van der Waals surface area (Å²) in [5, 5.41) is 4.32. The lowest BCUT2D eigenvalue weighted by Gasteiger charge is -2.10. The molecule has 4 heteroatoms. The van der Waals surface area contributed by atoms with E-state index in [1.165, 1.54) is 5.56 Å². The molecule has 0 atom stereocenters. The van der Waals surface area contributed by atoms with Crippen molar-refractivity contribution in [1.82, 2.24) is 9.97 Å². The molecule has 0 unspecified atom stereocenters. The number of aromatic amines is 1. The normalized spacial score (nSPS) is 10.9. The van der Waals surface area contributed by atoms with Crippen LogP contribution in [0.15, 0.2) is 41.3 Å². The molecule has 0 saturated heterocycles. The molecule has 1 aromatic carbocycles. The Morgan fingerprint density at radius 3 is 2.73 bits per heavy atom. The molecule has 3 aromatic rings. The first-order valence-electron chi connectivity index (χ1n) is 7.33. The van der Waals surface area contributed by atoms with Crippen LogP contribution in [-0.4, -0.2) is 9.97 Å². The van der Waals surface area contributed by atoms with Gasteiger partial charge in [0.05, 0.1) is 0 Å². The average molecular weight is 293 g/mol. The van der Waals surface area contributed by atoms with Crippen LogP contribution in [0, 0.1) is 20.8 Å². The smallest absolute Gasteiger partial charge is 0.253 e. The van der Waals surface area contributed by atoms with E-state index in [-0.39, 0.29) is 5.56 Å². The summed E-state index contributed by atoms with van der Waals surface area (Å²) >= 11 is 0. The molecule has 0 radical (unpaired) electrons. The van der Waals surface area contributed by atoms with Crippen molar-refractivity contribution in [1.29, 1.82) is 0 Å². The summed E-state index contributed by atoms with van der Waals surface area (Å²) in [6, 6.07) is 9.99. The van der Waals surface area contributed by atoms with Crippen LogP contribution in [0.2, 0.25) is 0 Å². The molecule has 22 heavy (non-hydrogen) atoms. The Morgan fingerprint density at radius 2 is 1.95 bits per heavy atom. The van der Waals surface area contributed by atoms with Crippen LogP contribution in [0.25, 0.3) is 10.9 Å². The topological polar surface area (TPSA) is 57.8 Å². The lowest BCUT2D eigenvalue weighted by molar-refractivity contribution is 1.06. The minimum atomic E-state index is -0.0569. The SMILES string of the molecule is Cc1cc(C)c2cc(CNc3ncccc3C)c(=O)[nH]c2c1.